The van der Waals surface area contributed by atoms with E-state index in [1.54, 1.807) is 0 Å². The lowest BCUT2D eigenvalue weighted by Crippen LogP contribution is -2.02. The Bertz CT molecular complexity index is 411. The summed E-state index contributed by atoms with van der Waals surface area (Å²) >= 11 is 3.43. The van der Waals surface area contributed by atoms with E-state index in [1.165, 1.54) is 0 Å². The first kappa shape index (κ1) is 16.9. The largest absolute Gasteiger partial charge is 0.673 e. The van der Waals surface area contributed by atoms with Crippen LogP contribution in [0.1, 0.15) is 25.0 Å². The Balaban J connectivity index is 0.000000494. The minimum absolute atomic E-state index is 0.730. The highest BCUT2D eigenvalue weighted by Crippen LogP contribution is 2.29. The van der Waals surface area contributed by atoms with Gasteiger partial charge >= 0.3 is 12.9 Å². The highest BCUT2D eigenvalue weighted by atomic mass is 79.9. The van der Waals surface area contributed by atoms with Crippen LogP contribution in [0.15, 0.2) is 16.6 Å². The first-order chi connectivity index (χ1) is 8.22. The fourth-order valence-electron chi connectivity index (χ4n) is 1.38. The fourth-order valence-corrected chi connectivity index (χ4v) is 1.94. The molecule has 1 rings (SSSR count). The molecule has 0 spiro atoms. The number of rotatable bonds is 2. The van der Waals surface area contributed by atoms with Crippen LogP contribution in [-0.4, -0.2) is 7.25 Å². The van der Waals surface area contributed by atoms with Crippen molar-refractivity contribution in [1.82, 2.24) is 0 Å². The Labute approximate surface area is 111 Å². The van der Waals surface area contributed by atoms with E-state index in [-0.39, 0.29) is 0 Å². The van der Waals surface area contributed by atoms with Crippen LogP contribution >= 0.6 is 15.9 Å². The summed E-state index contributed by atoms with van der Waals surface area (Å²) in [5.74, 6) is 0. The van der Waals surface area contributed by atoms with E-state index < -0.39 is 7.25 Å². The average molecular weight is 327 g/mol. The van der Waals surface area contributed by atoms with Gasteiger partial charge in [-0.15, -0.1) is 0 Å². The number of halogens is 5. The smallest absolute Gasteiger partial charge is 0.418 e. The molecule has 0 radical (unpaired) electrons. The average Bonchev–Trinajstić information content (AvgIpc) is 2.25. The maximum absolute atomic E-state index is 9.75. The number of aryl methyl sites for hydroxylation is 2. The van der Waals surface area contributed by atoms with Crippen molar-refractivity contribution in [2.24, 2.45) is 0 Å². The summed E-state index contributed by atoms with van der Waals surface area (Å²) < 4.78 is 40.0. The van der Waals surface area contributed by atoms with Crippen LogP contribution in [0.4, 0.5) is 23.0 Å². The van der Waals surface area contributed by atoms with Gasteiger partial charge in [0, 0.05) is 15.6 Å². The maximum atomic E-state index is 9.75. The lowest BCUT2D eigenvalue weighted by Gasteiger charge is -1.98. The number of benzene rings is 1. The van der Waals surface area contributed by atoms with Crippen LogP contribution in [0.25, 0.3) is 4.98 Å². The van der Waals surface area contributed by atoms with Gasteiger partial charge in [-0.05, 0) is 25.0 Å². The van der Waals surface area contributed by atoms with Crippen LogP contribution < -0.4 is 0 Å². The summed E-state index contributed by atoms with van der Waals surface area (Å²) in [6.07, 6.45) is 1.76. The van der Waals surface area contributed by atoms with Crippen molar-refractivity contribution in [2.75, 3.05) is 0 Å². The van der Waals surface area contributed by atoms with Crippen molar-refractivity contribution >= 4 is 28.9 Å². The fraction of sp³-hybridized carbons (Fsp3) is 0.400. The van der Waals surface area contributed by atoms with Gasteiger partial charge < -0.3 is 17.3 Å². The van der Waals surface area contributed by atoms with Crippen molar-refractivity contribution in [2.45, 2.75) is 26.7 Å². The zero-order valence-electron chi connectivity index (χ0n) is 9.93. The summed E-state index contributed by atoms with van der Waals surface area (Å²) in [4.78, 5) is 3.33. The molecule has 0 aliphatic carbocycles. The van der Waals surface area contributed by atoms with Crippen LogP contribution in [-0.2, 0) is 12.8 Å². The number of diazo groups is 1. The van der Waals surface area contributed by atoms with Crippen LogP contribution in [0.3, 0.4) is 0 Å². The minimum atomic E-state index is -6.00. The van der Waals surface area contributed by atoms with Gasteiger partial charge in [0.2, 0.25) is 5.39 Å². The molecule has 0 saturated carbocycles. The highest BCUT2D eigenvalue weighted by Gasteiger charge is 2.20. The molecule has 2 nitrogen and oxygen atoms in total. The SMILES string of the molecule is CCc1cc(Br)cc(CC)c1[N+]#N.F[B-](F)(F)F. The van der Waals surface area contributed by atoms with Crippen LogP contribution in [0.5, 0.6) is 0 Å². The second-order valence-electron chi connectivity index (χ2n) is 3.37. The molecule has 0 atom stereocenters. The van der Waals surface area contributed by atoms with Crippen molar-refractivity contribution < 1.29 is 17.3 Å². The van der Waals surface area contributed by atoms with Crippen molar-refractivity contribution in [3.63, 3.8) is 0 Å². The molecule has 0 bridgehead atoms. The third-order valence-electron chi connectivity index (χ3n) is 2.09. The predicted molar refractivity (Wildman–Crippen MR) is 67.8 cm³/mol. The van der Waals surface area contributed by atoms with Crippen molar-refractivity contribution in [1.29, 1.82) is 5.39 Å². The molecule has 18 heavy (non-hydrogen) atoms. The molecule has 0 saturated heterocycles. The standard InChI is InChI=1S/C10H12BrN2.BF4/c1-3-7-5-9(11)6-8(4-2)10(7)13-12;2-1(3,4)5/h5-6H,3-4H2,1-2H3;/q+1;-1. The summed E-state index contributed by atoms with van der Waals surface area (Å²) in [5, 5.41) is 8.86. The number of hydrogen-bond donors (Lipinski definition) is 0. The van der Waals surface area contributed by atoms with E-state index in [4.69, 9.17) is 5.39 Å². The quantitative estimate of drug-likeness (QED) is 0.408. The molecule has 0 fully saturated rings. The van der Waals surface area contributed by atoms with Gasteiger partial charge in [-0.2, -0.15) is 0 Å². The zero-order valence-corrected chi connectivity index (χ0v) is 11.5. The Hall–Kier alpha value is -1.10. The monoisotopic (exact) mass is 326 g/mol. The highest BCUT2D eigenvalue weighted by molar-refractivity contribution is 9.10. The van der Waals surface area contributed by atoms with E-state index >= 15 is 0 Å². The third kappa shape index (κ3) is 6.59. The van der Waals surface area contributed by atoms with E-state index in [1.807, 2.05) is 12.1 Å². The van der Waals surface area contributed by atoms with Gasteiger partial charge in [0.05, 0.1) is 0 Å². The lowest BCUT2D eigenvalue weighted by molar-refractivity contribution is 0.368. The van der Waals surface area contributed by atoms with Crippen LogP contribution in [0, 0.1) is 5.39 Å². The van der Waals surface area contributed by atoms with Crippen molar-refractivity contribution in [3.8, 4) is 0 Å². The molecule has 1 aromatic carbocycles. The van der Waals surface area contributed by atoms with Gasteiger partial charge in [-0.25, -0.2) is 0 Å². The summed E-state index contributed by atoms with van der Waals surface area (Å²) in [6, 6.07) is 3.99. The molecule has 0 N–H and O–H groups in total. The minimum Gasteiger partial charge on any atom is -0.418 e. The Morgan fingerprint density at radius 1 is 1.11 bits per heavy atom. The first-order valence-electron chi connectivity index (χ1n) is 5.26. The van der Waals surface area contributed by atoms with Crippen molar-refractivity contribution in [3.05, 3.63) is 32.7 Å². The Morgan fingerprint density at radius 3 is 1.67 bits per heavy atom. The molecule has 0 aliphatic heterocycles. The molecular weight excluding hydrogens is 315 g/mol. The van der Waals surface area contributed by atoms with Gasteiger partial charge in [0.25, 0.3) is 0 Å². The summed E-state index contributed by atoms with van der Waals surface area (Å²) in [7, 11) is -6.00. The molecular formula is C10H12BBrF4N2. The molecule has 100 valence electrons. The summed E-state index contributed by atoms with van der Waals surface area (Å²) in [5.41, 5.74) is 2.88. The van der Waals surface area contributed by atoms with Gasteiger partial charge in [-0.3, -0.25) is 0 Å². The summed E-state index contributed by atoms with van der Waals surface area (Å²) in [6.45, 7) is 4.10. The molecule has 8 heteroatoms. The molecule has 0 heterocycles. The molecule has 1 aromatic rings. The van der Waals surface area contributed by atoms with E-state index in [0.717, 1.165) is 34.1 Å². The van der Waals surface area contributed by atoms with E-state index in [2.05, 4.69) is 34.8 Å². The normalized spacial score (nSPS) is 10.3. The first-order valence-corrected chi connectivity index (χ1v) is 6.05. The van der Waals surface area contributed by atoms with E-state index in [9.17, 15) is 17.3 Å². The van der Waals surface area contributed by atoms with Gasteiger partial charge in [0.15, 0.2) is 4.98 Å². The molecule has 0 aliphatic rings. The third-order valence-corrected chi connectivity index (χ3v) is 2.55. The van der Waals surface area contributed by atoms with Gasteiger partial charge in [0.1, 0.15) is 0 Å². The number of hydrogen-bond acceptors (Lipinski definition) is 1. The topological polar surface area (TPSA) is 28.1 Å². The Morgan fingerprint density at radius 2 is 1.44 bits per heavy atom. The molecule has 0 aromatic heterocycles. The Kier molecular flexibility index (Phi) is 6.92. The second-order valence-corrected chi connectivity index (χ2v) is 4.29. The van der Waals surface area contributed by atoms with Crippen LogP contribution in [0.2, 0.25) is 0 Å². The van der Waals surface area contributed by atoms with E-state index in [0.29, 0.717) is 0 Å². The number of nitrogens with zero attached hydrogens (tertiary/aromatic N) is 2. The van der Waals surface area contributed by atoms with Gasteiger partial charge in [-0.1, -0.05) is 29.8 Å². The maximum Gasteiger partial charge on any atom is 0.673 e. The lowest BCUT2D eigenvalue weighted by atomic mass is 10.0. The predicted octanol–water partition coefficient (Wildman–Crippen LogP) is 5.36. The second kappa shape index (κ2) is 7.36. The molecule has 0 amide bonds. The zero-order chi connectivity index (χ0) is 14.3. The molecule has 0 unspecified atom stereocenters.